The Morgan fingerprint density at radius 1 is 0.816 bits per heavy atom. The third-order valence-electron chi connectivity index (χ3n) is 5.81. The average molecular weight is 548 g/mol. The molecule has 1 aliphatic rings. The van der Waals surface area contributed by atoms with Gasteiger partial charge in [0.1, 0.15) is 28.8 Å². The topological polar surface area (TPSA) is 36.9 Å². The summed E-state index contributed by atoms with van der Waals surface area (Å²) in [7, 11) is 1.53. The number of alkyl halides is 2. The molecule has 1 heterocycles. The third kappa shape index (κ3) is 5.92. The SMILES string of the molecule is COCCC1COC(c2cc(F)c(C(F)(F)Oc3ccc(-c4cc(F)c(F)c(F)c4)c(F)c3)c(F)c2)OC1. The van der Waals surface area contributed by atoms with E-state index in [-0.39, 0.29) is 24.7 Å². The van der Waals surface area contributed by atoms with Gasteiger partial charge in [0.15, 0.2) is 23.7 Å². The lowest BCUT2D eigenvalue weighted by molar-refractivity contribution is -0.207. The van der Waals surface area contributed by atoms with E-state index in [0.29, 0.717) is 43.4 Å². The number of halogens is 8. The van der Waals surface area contributed by atoms with Crippen molar-refractivity contribution >= 4 is 0 Å². The maximum Gasteiger partial charge on any atom is 0.432 e. The van der Waals surface area contributed by atoms with Gasteiger partial charge >= 0.3 is 6.11 Å². The minimum atomic E-state index is -4.59. The molecule has 38 heavy (non-hydrogen) atoms. The number of methoxy groups -OCH3 is 1. The number of rotatable bonds is 8. The second-order valence-electron chi connectivity index (χ2n) is 8.52. The second kappa shape index (κ2) is 11.3. The minimum absolute atomic E-state index is 0.00853. The molecule has 4 rings (SSSR count). The van der Waals surface area contributed by atoms with E-state index in [2.05, 4.69) is 4.74 Å². The molecule has 0 saturated carbocycles. The Kier molecular flexibility index (Phi) is 8.24. The Balaban J connectivity index is 1.52. The number of hydrogen-bond acceptors (Lipinski definition) is 4. The highest BCUT2D eigenvalue weighted by Gasteiger charge is 2.42. The third-order valence-corrected chi connectivity index (χ3v) is 5.81. The first-order valence-corrected chi connectivity index (χ1v) is 11.2. The Hall–Kier alpha value is -3.22. The number of hydrogen-bond donors (Lipinski definition) is 0. The molecule has 1 saturated heterocycles. The Morgan fingerprint density at radius 2 is 1.42 bits per heavy atom. The lowest BCUT2D eigenvalue weighted by Crippen LogP contribution is -2.29. The van der Waals surface area contributed by atoms with Crippen LogP contribution in [0.2, 0.25) is 0 Å². The van der Waals surface area contributed by atoms with Gasteiger partial charge in [0.25, 0.3) is 0 Å². The van der Waals surface area contributed by atoms with E-state index in [1.807, 2.05) is 0 Å². The molecule has 0 N–H and O–H groups in total. The summed E-state index contributed by atoms with van der Waals surface area (Å²) < 4.78 is 134. The Labute approximate surface area is 211 Å². The van der Waals surface area contributed by atoms with Gasteiger partial charge in [-0.3, -0.25) is 0 Å². The molecule has 204 valence electrons. The van der Waals surface area contributed by atoms with Gasteiger partial charge in [-0.1, -0.05) is 0 Å². The van der Waals surface area contributed by atoms with Crippen LogP contribution in [0.5, 0.6) is 5.75 Å². The van der Waals surface area contributed by atoms with Crippen LogP contribution < -0.4 is 4.74 Å². The van der Waals surface area contributed by atoms with Gasteiger partial charge in [-0.2, -0.15) is 8.78 Å². The van der Waals surface area contributed by atoms with E-state index in [9.17, 15) is 35.1 Å². The highest BCUT2D eigenvalue weighted by Crippen LogP contribution is 2.38. The van der Waals surface area contributed by atoms with Crippen molar-refractivity contribution in [2.75, 3.05) is 26.9 Å². The zero-order valence-electron chi connectivity index (χ0n) is 19.7. The fourth-order valence-corrected chi connectivity index (χ4v) is 3.90. The maximum atomic E-state index is 14.8. The zero-order chi connectivity index (χ0) is 27.6. The summed E-state index contributed by atoms with van der Waals surface area (Å²) in [6, 6.07) is 4.32. The van der Waals surface area contributed by atoms with Crippen molar-refractivity contribution in [3.05, 3.63) is 88.5 Å². The quantitative estimate of drug-likeness (QED) is 0.224. The van der Waals surface area contributed by atoms with Crippen LogP contribution in [0, 0.1) is 40.8 Å². The van der Waals surface area contributed by atoms with E-state index in [1.165, 1.54) is 7.11 Å². The van der Waals surface area contributed by atoms with Crippen molar-refractivity contribution in [3.8, 4) is 16.9 Å². The molecule has 0 amide bonds. The predicted molar refractivity (Wildman–Crippen MR) is 117 cm³/mol. The molecule has 0 bridgehead atoms. The summed E-state index contributed by atoms with van der Waals surface area (Å²) >= 11 is 0. The molecule has 1 fully saturated rings. The van der Waals surface area contributed by atoms with Gasteiger partial charge in [0.2, 0.25) is 0 Å². The molecule has 0 aliphatic carbocycles. The van der Waals surface area contributed by atoms with Crippen LogP contribution in [-0.4, -0.2) is 26.9 Å². The van der Waals surface area contributed by atoms with E-state index in [4.69, 9.17) is 14.2 Å². The Morgan fingerprint density at radius 3 is 1.97 bits per heavy atom. The highest BCUT2D eigenvalue weighted by molar-refractivity contribution is 5.65. The van der Waals surface area contributed by atoms with Crippen LogP contribution in [0.4, 0.5) is 35.1 Å². The summed E-state index contributed by atoms with van der Waals surface area (Å²) in [6.07, 6.45) is -5.13. The van der Waals surface area contributed by atoms with Crippen LogP contribution >= 0.6 is 0 Å². The molecule has 3 aromatic rings. The van der Waals surface area contributed by atoms with E-state index in [1.54, 1.807) is 0 Å². The van der Waals surface area contributed by atoms with Crippen molar-refractivity contribution in [3.63, 3.8) is 0 Å². The van der Waals surface area contributed by atoms with Gasteiger partial charge in [-0.05, 0) is 48.4 Å². The minimum Gasteiger partial charge on any atom is -0.429 e. The van der Waals surface area contributed by atoms with Gasteiger partial charge in [0, 0.05) is 36.8 Å². The van der Waals surface area contributed by atoms with Crippen LogP contribution in [-0.2, 0) is 20.3 Å². The van der Waals surface area contributed by atoms with Crippen LogP contribution in [0.25, 0.3) is 11.1 Å². The highest BCUT2D eigenvalue weighted by atomic mass is 19.3. The van der Waals surface area contributed by atoms with Crippen molar-refractivity contribution in [1.29, 1.82) is 0 Å². The summed E-state index contributed by atoms with van der Waals surface area (Å²) in [6.45, 7) is 0.874. The van der Waals surface area contributed by atoms with Crippen molar-refractivity contribution in [1.82, 2.24) is 0 Å². The Bertz CT molecular complexity index is 1260. The molecule has 0 atom stereocenters. The smallest absolute Gasteiger partial charge is 0.429 e. The zero-order valence-corrected chi connectivity index (χ0v) is 19.7. The summed E-state index contributed by atoms with van der Waals surface area (Å²) in [5.74, 6) is -10.4. The fraction of sp³-hybridized carbons (Fsp3) is 0.308. The first-order valence-electron chi connectivity index (χ1n) is 11.2. The van der Waals surface area contributed by atoms with Gasteiger partial charge in [-0.15, -0.1) is 0 Å². The molecule has 12 heteroatoms. The molecular formula is C26H20F8O4. The van der Waals surface area contributed by atoms with Crippen LogP contribution in [0.15, 0.2) is 42.5 Å². The van der Waals surface area contributed by atoms with Gasteiger partial charge in [-0.25, -0.2) is 26.3 Å². The average Bonchev–Trinajstić information content (AvgIpc) is 2.85. The molecule has 1 aliphatic heterocycles. The van der Waals surface area contributed by atoms with Crippen molar-refractivity contribution in [2.24, 2.45) is 5.92 Å². The number of ether oxygens (including phenoxy) is 4. The summed E-state index contributed by atoms with van der Waals surface area (Å²) in [4.78, 5) is 0. The monoisotopic (exact) mass is 548 g/mol. The predicted octanol–water partition coefficient (Wildman–Crippen LogP) is 7.01. The summed E-state index contributed by atoms with van der Waals surface area (Å²) in [5, 5.41) is 0. The fourth-order valence-electron chi connectivity index (χ4n) is 3.90. The largest absolute Gasteiger partial charge is 0.432 e. The van der Waals surface area contributed by atoms with Gasteiger partial charge in [0.05, 0.1) is 13.2 Å². The molecular weight excluding hydrogens is 528 g/mol. The van der Waals surface area contributed by atoms with E-state index < -0.39 is 69.7 Å². The van der Waals surface area contributed by atoms with Crippen LogP contribution in [0.1, 0.15) is 23.8 Å². The molecule has 3 aromatic carbocycles. The second-order valence-corrected chi connectivity index (χ2v) is 8.52. The number of benzene rings is 3. The van der Waals surface area contributed by atoms with Crippen LogP contribution in [0.3, 0.4) is 0 Å². The molecule has 0 spiro atoms. The summed E-state index contributed by atoms with van der Waals surface area (Å²) in [5.41, 5.74) is -2.78. The molecule has 0 unspecified atom stereocenters. The van der Waals surface area contributed by atoms with E-state index in [0.717, 1.165) is 12.1 Å². The first kappa shape index (κ1) is 27.8. The molecule has 4 nitrogen and oxygen atoms in total. The lowest BCUT2D eigenvalue weighted by atomic mass is 10.0. The molecule has 0 radical (unpaired) electrons. The first-order chi connectivity index (χ1) is 18.0. The standard InChI is InChI=1S/C26H20F8O4/c1-35-5-4-13-11-36-25(37-12-13)15-8-19(28)23(20(29)9-15)26(33,34)38-16-2-3-17(18(27)10-16)14-6-21(30)24(32)22(31)7-14/h2-3,6-10,13,25H,4-5,11-12H2,1H3. The normalized spacial score (nSPS) is 18.0. The lowest BCUT2D eigenvalue weighted by Gasteiger charge is -2.30. The van der Waals surface area contributed by atoms with Crippen molar-refractivity contribution in [2.45, 2.75) is 18.8 Å². The van der Waals surface area contributed by atoms with E-state index >= 15 is 0 Å². The maximum absolute atomic E-state index is 14.8. The van der Waals surface area contributed by atoms with Crippen molar-refractivity contribution < 1.29 is 54.1 Å². The molecule has 0 aromatic heterocycles. The van der Waals surface area contributed by atoms with Gasteiger partial charge < -0.3 is 18.9 Å².